The van der Waals surface area contributed by atoms with Crippen molar-refractivity contribution in [2.24, 2.45) is 11.7 Å². The number of carbonyl (C=O) groups is 1. The molecule has 12 heteroatoms. The summed E-state index contributed by atoms with van der Waals surface area (Å²) in [6.07, 6.45) is -4.32. The van der Waals surface area contributed by atoms with E-state index in [-0.39, 0.29) is 55.6 Å². The second-order valence-corrected chi connectivity index (χ2v) is 7.99. The summed E-state index contributed by atoms with van der Waals surface area (Å²) in [5.74, 6) is -4.78. The summed E-state index contributed by atoms with van der Waals surface area (Å²) in [7, 11) is 0. The Morgan fingerprint density at radius 1 is 1.16 bits per heavy atom. The van der Waals surface area contributed by atoms with Gasteiger partial charge in [0, 0.05) is 50.0 Å². The maximum Gasteiger partial charge on any atom is 0.451 e. The molecule has 1 aromatic heterocycles. The van der Waals surface area contributed by atoms with E-state index in [4.69, 9.17) is 5.73 Å². The van der Waals surface area contributed by atoms with E-state index >= 15 is 0 Å². The molecule has 168 valence electrons. The van der Waals surface area contributed by atoms with E-state index in [9.17, 15) is 31.1 Å². The van der Waals surface area contributed by atoms with Gasteiger partial charge in [-0.1, -0.05) is 0 Å². The van der Waals surface area contributed by atoms with Crippen LogP contribution in [0, 0.1) is 23.4 Å². The summed E-state index contributed by atoms with van der Waals surface area (Å²) in [6.45, 7) is 0.484. The predicted molar refractivity (Wildman–Crippen MR) is 95.1 cm³/mol. The summed E-state index contributed by atoms with van der Waals surface area (Å²) in [5.41, 5.74) is 5.79. The smallest absolute Gasteiger partial charge is 0.342 e. The van der Waals surface area contributed by atoms with E-state index in [1.807, 2.05) is 0 Å². The molecular formula is C19H19F6N5O. The summed E-state index contributed by atoms with van der Waals surface area (Å²) in [6, 6.07) is -0.121. The van der Waals surface area contributed by atoms with Crippen LogP contribution in [0.2, 0.25) is 0 Å². The van der Waals surface area contributed by atoms with Crippen molar-refractivity contribution in [3.63, 3.8) is 0 Å². The van der Waals surface area contributed by atoms with Crippen LogP contribution in [0.5, 0.6) is 0 Å². The fourth-order valence-corrected chi connectivity index (χ4v) is 4.45. The molecule has 1 amide bonds. The van der Waals surface area contributed by atoms with E-state index in [0.29, 0.717) is 18.6 Å². The van der Waals surface area contributed by atoms with Crippen molar-refractivity contribution in [2.45, 2.75) is 43.9 Å². The Morgan fingerprint density at radius 2 is 1.87 bits per heavy atom. The molecule has 0 radical (unpaired) electrons. The molecule has 0 bridgehead atoms. The van der Waals surface area contributed by atoms with Crippen molar-refractivity contribution in [3.8, 4) is 0 Å². The lowest BCUT2D eigenvalue weighted by atomic mass is 9.91. The average molecular weight is 447 g/mol. The monoisotopic (exact) mass is 447 g/mol. The minimum Gasteiger partial charge on any atom is -0.342 e. The fourth-order valence-electron chi connectivity index (χ4n) is 4.45. The van der Waals surface area contributed by atoms with Crippen LogP contribution in [-0.2, 0) is 23.8 Å². The third kappa shape index (κ3) is 4.12. The molecule has 1 fully saturated rings. The Balaban J connectivity index is 1.37. The highest BCUT2D eigenvalue weighted by Crippen LogP contribution is 2.41. The quantitative estimate of drug-likeness (QED) is 0.578. The standard InChI is InChI=1S/C19H19F6N5O/c20-12-7-14(22)13(21)4-9(12)3-11(26)6-17(31)29-2-1-15-10(8-29)5-16-27-28-18(30(15)16)19(23,24)25/h4,7,10-11,15H,1-3,5-6,8,26H2/t10-,11+,15+/m0/s1. The van der Waals surface area contributed by atoms with E-state index in [2.05, 4.69) is 10.2 Å². The van der Waals surface area contributed by atoms with Gasteiger partial charge in [-0.15, -0.1) is 10.2 Å². The minimum absolute atomic E-state index is 0.133. The van der Waals surface area contributed by atoms with Crippen molar-refractivity contribution < 1.29 is 31.1 Å². The Bertz CT molecular complexity index is 1010. The molecule has 2 aliphatic rings. The van der Waals surface area contributed by atoms with Gasteiger partial charge in [-0.3, -0.25) is 4.79 Å². The van der Waals surface area contributed by atoms with Gasteiger partial charge >= 0.3 is 6.18 Å². The highest BCUT2D eigenvalue weighted by molar-refractivity contribution is 5.77. The molecular weight excluding hydrogens is 428 g/mol. The number of hydrogen-bond donors (Lipinski definition) is 1. The lowest BCUT2D eigenvalue weighted by Crippen LogP contribution is -2.45. The number of alkyl halides is 3. The van der Waals surface area contributed by atoms with Gasteiger partial charge in [-0.25, -0.2) is 13.2 Å². The van der Waals surface area contributed by atoms with Gasteiger partial charge in [0.15, 0.2) is 11.6 Å². The molecule has 2 aliphatic heterocycles. The second-order valence-electron chi connectivity index (χ2n) is 7.99. The minimum atomic E-state index is -4.60. The summed E-state index contributed by atoms with van der Waals surface area (Å²) < 4.78 is 80.8. The first-order valence-corrected chi connectivity index (χ1v) is 9.72. The largest absolute Gasteiger partial charge is 0.451 e. The van der Waals surface area contributed by atoms with Crippen LogP contribution in [0.4, 0.5) is 26.3 Å². The summed E-state index contributed by atoms with van der Waals surface area (Å²) in [4.78, 5) is 14.2. The number of aromatic nitrogens is 3. The normalized spacial score (nSPS) is 21.7. The van der Waals surface area contributed by atoms with Gasteiger partial charge in [-0.05, 0) is 24.5 Å². The molecule has 0 aliphatic carbocycles. The third-order valence-corrected chi connectivity index (χ3v) is 5.85. The molecule has 4 rings (SSSR count). The molecule has 1 saturated heterocycles. The molecule has 3 atom stereocenters. The molecule has 1 aromatic carbocycles. The number of halogens is 6. The van der Waals surface area contributed by atoms with Crippen LogP contribution >= 0.6 is 0 Å². The second kappa shape index (κ2) is 7.81. The van der Waals surface area contributed by atoms with Crippen molar-refractivity contribution in [1.82, 2.24) is 19.7 Å². The molecule has 31 heavy (non-hydrogen) atoms. The number of nitrogens with zero attached hydrogens (tertiary/aromatic N) is 4. The SMILES string of the molecule is N[C@@H](CC(=O)N1CC[C@@H]2[C@@H](Cc3nnc(C(F)(F)F)n32)C1)Cc1cc(F)c(F)cc1F. The highest BCUT2D eigenvalue weighted by atomic mass is 19.4. The fraction of sp³-hybridized carbons (Fsp3) is 0.526. The zero-order valence-electron chi connectivity index (χ0n) is 16.2. The summed E-state index contributed by atoms with van der Waals surface area (Å²) >= 11 is 0. The first-order valence-electron chi connectivity index (χ1n) is 9.72. The Labute approximate surface area is 173 Å². The molecule has 2 N–H and O–H groups in total. The van der Waals surface area contributed by atoms with E-state index in [1.54, 1.807) is 0 Å². The Hall–Kier alpha value is -2.63. The van der Waals surface area contributed by atoms with Gasteiger partial charge in [0.25, 0.3) is 0 Å². The van der Waals surface area contributed by atoms with E-state index in [0.717, 1.165) is 4.57 Å². The van der Waals surface area contributed by atoms with Crippen molar-refractivity contribution in [1.29, 1.82) is 0 Å². The lowest BCUT2D eigenvalue weighted by Gasteiger charge is -2.36. The van der Waals surface area contributed by atoms with E-state index < -0.39 is 41.5 Å². The number of fused-ring (bicyclic) bond motifs is 3. The van der Waals surface area contributed by atoms with Crippen LogP contribution in [0.1, 0.15) is 36.1 Å². The van der Waals surface area contributed by atoms with E-state index in [1.165, 1.54) is 4.90 Å². The first-order chi connectivity index (χ1) is 14.5. The molecule has 0 saturated carbocycles. The average Bonchev–Trinajstić information content (AvgIpc) is 3.24. The van der Waals surface area contributed by atoms with Gasteiger partial charge in [0.1, 0.15) is 11.6 Å². The van der Waals surface area contributed by atoms with Gasteiger partial charge in [-0.2, -0.15) is 13.2 Å². The number of amides is 1. The molecule has 3 heterocycles. The molecule has 6 nitrogen and oxygen atoms in total. The van der Waals surface area contributed by atoms with Crippen molar-refractivity contribution >= 4 is 5.91 Å². The van der Waals surface area contributed by atoms with Crippen molar-refractivity contribution in [3.05, 3.63) is 46.8 Å². The van der Waals surface area contributed by atoms with Crippen molar-refractivity contribution in [2.75, 3.05) is 13.1 Å². The van der Waals surface area contributed by atoms with Gasteiger partial charge < -0.3 is 15.2 Å². The molecule has 2 aromatic rings. The van der Waals surface area contributed by atoms with Crippen LogP contribution in [0.15, 0.2) is 12.1 Å². The number of piperidine rings is 1. The maximum atomic E-state index is 13.8. The first kappa shape index (κ1) is 21.6. The number of likely N-dealkylation sites (tertiary alicyclic amines) is 1. The van der Waals surface area contributed by atoms with Crippen LogP contribution in [-0.4, -0.2) is 44.7 Å². The Kier molecular flexibility index (Phi) is 5.44. The highest BCUT2D eigenvalue weighted by Gasteiger charge is 2.47. The predicted octanol–water partition coefficient (Wildman–Crippen LogP) is 2.62. The molecule has 0 spiro atoms. The van der Waals surface area contributed by atoms with Crippen LogP contribution < -0.4 is 5.73 Å². The van der Waals surface area contributed by atoms with Gasteiger partial charge in [0.05, 0.1) is 0 Å². The maximum absolute atomic E-state index is 13.8. The van der Waals surface area contributed by atoms with Gasteiger partial charge in [0.2, 0.25) is 11.7 Å². The summed E-state index contributed by atoms with van der Waals surface area (Å²) in [5, 5.41) is 6.91. The number of hydrogen-bond acceptors (Lipinski definition) is 4. The lowest BCUT2D eigenvalue weighted by molar-refractivity contribution is -0.149. The topological polar surface area (TPSA) is 77.0 Å². The number of rotatable bonds is 4. The Morgan fingerprint density at radius 3 is 2.58 bits per heavy atom. The third-order valence-electron chi connectivity index (χ3n) is 5.85. The number of nitrogens with two attached hydrogens (primary N) is 1. The van der Waals surface area contributed by atoms with Crippen LogP contribution in [0.3, 0.4) is 0 Å². The number of benzene rings is 1. The zero-order valence-corrected chi connectivity index (χ0v) is 16.2. The number of carbonyl (C=O) groups excluding carboxylic acids is 1. The zero-order chi connectivity index (χ0) is 22.5. The van der Waals surface area contributed by atoms with Crippen LogP contribution in [0.25, 0.3) is 0 Å². The molecule has 0 unspecified atom stereocenters.